The molecule has 2 aliphatic heterocycles. The second-order valence-electron chi connectivity index (χ2n) is 14.9. The Kier molecular flexibility index (Phi) is 15.2. The van der Waals surface area contributed by atoms with Gasteiger partial charge in [-0.3, -0.25) is 18.9 Å². The summed E-state index contributed by atoms with van der Waals surface area (Å²) in [6.45, 7) is -5.04. The summed E-state index contributed by atoms with van der Waals surface area (Å²) >= 11 is 5.71. The number of nitrogens with one attached hydrogen (secondary N) is 1. The number of benzene rings is 3. The number of nitriles is 1. The molecule has 4 N–H and O–H groups in total. The lowest BCUT2D eigenvalue weighted by Gasteiger charge is -2.38. The molecule has 22 heteroatoms. The lowest BCUT2D eigenvalue weighted by Crippen LogP contribution is -2.43. The summed E-state index contributed by atoms with van der Waals surface area (Å²) in [4.78, 5) is 55.7. The smallest absolute Gasteiger partial charge is 0.349 e. The van der Waals surface area contributed by atoms with E-state index in [1.807, 2.05) is 60.7 Å². The predicted molar refractivity (Wildman–Crippen MR) is 230 cm³/mol. The van der Waals surface area contributed by atoms with Gasteiger partial charge in [0.15, 0.2) is 25.5 Å². The first kappa shape index (κ1) is 47.5. The van der Waals surface area contributed by atoms with Crippen LogP contribution in [0.3, 0.4) is 0 Å². The molecule has 0 bridgehead atoms. The number of rotatable bonds is 19. The van der Waals surface area contributed by atoms with Gasteiger partial charge in [0.1, 0.15) is 60.6 Å². The first-order chi connectivity index (χ1) is 31.3. The Hall–Kier alpha value is -5.47. The summed E-state index contributed by atoms with van der Waals surface area (Å²) in [5.41, 5.74) is -2.02. The number of aliphatic hydroxyl groups is 2. The van der Waals surface area contributed by atoms with Crippen molar-refractivity contribution in [2.45, 2.75) is 61.1 Å². The summed E-state index contributed by atoms with van der Waals surface area (Å²) in [5.74, 6) is 0.338. The van der Waals surface area contributed by atoms with E-state index in [-0.39, 0.29) is 19.6 Å². The van der Waals surface area contributed by atoms with Gasteiger partial charge in [-0.25, -0.2) is 24.0 Å². The van der Waals surface area contributed by atoms with Crippen molar-refractivity contribution in [1.29, 1.82) is 5.26 Å². The molecule has 0 spiro atoms. The second kappa shape index (κ2) is 20.8. The number of methoxy groups -OCH3 is 2. The molecule has 3 aromatic carbocycles. The highest BCUT2D eigenvalue weighted by Crippen LogP contribution is 2.59. The van der Waals surface area contributed by atoms with E-state index in [2.05, 4.69) is 9.97 Å². The van der Waals surface area contributed by atoms with E-state index in [0.29, 0.717) is 28.2 Å². The zero-order valence-electron chi connectivity index (χ0n) is 34.9. The number of H-pyrrole nitrogens is 1. The van der Waals surface area contributed by atoms with E-state index >= 15 is 0 Å². The third-order valence-corrected chi connectivity index (χ3v) is 13.0. The second-order valence-corrected chi connectivity index (χ2v) is 18.4. The van der Waals surface area contributed by atoms with Gasteiger partial charge in [0.2, 0.25) is 0 Å². The van der Waals surface area contributed by atoms with Crippen LogP contribution < -0.4 is 31.5 Å². The lowest BCUT2D eigenvalue weighted by molar-refractivity contribution is -0.275. The van der Waals surface area contributed by atoms with Gasteiger partial charge < -0.3 is 60.7 Å². The van der Waals surface area contributed by atoms with Gasteiger partial charge in [-0.15, -0.1) is 0 Å². The highest BCUT2D eigenvalue weighted by Gasteiger charge is 2.55. The molecule has 0 radical (unpaired) electrons. The number of hydrogen-bond donors (Lipinski definition) is 4. The fourth-order valence-corrected chi connectivity index (χ4v) is 9.96. The van der Waals surface area contributed by atoms with E-state index in [9.17, 15) is 34.6 Å². The van der Waals surface area contributed by atoms with E-state index in [1.165, 1.54) is 6.20 Å². The molecule has 1 unspecified atom stereocenters. The third-order valence-electron chi connectivity index (χ3n) is 10.9. The molecule has 5 aromatic rings. The average molecular weight is 935 g/mol. The van der Waals surface area contributed by atoms with Crippen LogP contribution in [0.5, 0.6) is 17.4 Å². The maximum Gasteiger partial charge on any atom is 0.349 e. The van der Waals surface area contributed by atoms with Crippen LogP contribution in [-0.2, 0) is 46.1 Å². The quantitative estimate of drug-likeness (QED) is 0.0299. The average Bonchev–Trinajstić information content (AvgIpc) is 3.77. The summed E-state index contributed by atoms with van der Waals surface area (Å²) in [6.07, 6.45) is -10.1. The number of hydrogen-bond acceptors (Lipinski definition) is 18. The first-order valence-electron chi connectivity index (χ1n) is 20.1. The van der Waals surface area contributed by atoms with Gasteiger partial charge in [0.05, 0.1) is 39.9 Å². The van der Waals surface area contributed by atoms with Crippen LogP contribution in [0.4, 0.5) is 0 Å². The zero-order valence-corrected chi connectivity index (χ0v) is 36.6. The fourth-order valence-electron chi connectivity index (χ4n) is 7.74. The Morgan fingerprint density at radius 2 is 1.46 bits per heavy atom. The number of aliphatic hydroxyl groups excluding tert-OH is 2. The largest absolute Gasteiger partial charge is 0.858 e. The standard InChI is InChI=1S/C43H46N5O15PS/c1-56-29-13-9-27(10-14-29)43(26-7-4-3-5-8-26,28-11-15-30(57-2)16-12-28)60-23-31-37(38(59-25-58-22-6-19-44)40(61-31)48-21-18-34(50)46-42(48)54)63-64(55,65)24-32-35(51)36(52)39(62-32)47-20-17-33(49)45-41(47)53/h3-5,7-18,20-21,31-32,35-40,51-52H,6,22-25H2,1-2H3,(H,55,65)(H,45,49,53)(H,46,50,54)/p-1/t31-,32-,35-,36-,37-,38-,39-,40-,64?/m1/s1. The van der Waals surface area contributed by atoms with E-state index in [0.717, 1.165) is 27.5 Å². The number of ether oxygens (including phenoxy) is 7. The zero-order chi connectivity index (χ0) is 46.3. The summed E-state index contributed by atoms with van der Waals surface area (Å²) in [5, 5.41) is 42.8. The minimum absolute atomic E-state index is 0.0245. The number of aromatic amines is 1. The molecule has 20 nitrogen and oxygen atoms in total. The Morgan fingerprint density at radius 3 is 2.06 bits per heavy atom. The van der Waals surface area contributed by atoms with Gasteiger partial charge in [-0.05, 0) is 52.9 Å². The molecular formula is C43H45N5O15PS-. The summed E-state index contributed by atoms with van der Waals surface area (Å²) < 4.78 is 50.6. The Labute approximate surface area is 376 Å². The highest BCUT2D eigenvalue weighted by molar-refractivity contribution is 8.37. The Balaban J connectivity index is 1.29. The lowest BCUT2D eigenvalue weighted by atomic mass is 9.80. The van der Waals surface area contributed by atoms with Crippen molar-refractivity contribution in [3.05, 3.63) is 151 Å². The topological polar surface area (TPSA) is 271 Å². The Morgan fingerprint density at radius 1 is 0.846 bits per heavy atom. The molecule has 0 saturated carbocycles. The predicted octanol–water partition coefficient (Wildman–Crippen LogP) is 1.37. The minimum atomic E-state index is -4.20. The maximum atomic E-state index is 13.4. The number of aromatic nitrogens is 4. The molecule has 7 rings (SSSR count). The monoisotopic (exact) mass is 934 g/mol. The van der Waals surface area contributed by atoms with Crippen molar-refractivity contribution >= 4 is 19.2 Å². The fraction of sp³-hybridized carbons (Fsp3) is 0.372. The Bertz CT molecular complexity index is 2550. The van der Waals surface area contributed by atoms with E-state index in [1.54, 1.807) is 38.5 Å². The molecule has 2 fully saturated rings. The van der Waals surface area contributed by atoms with Crippen molar-refractivity contribution < 1.29 is 57.9 Å². The molecule has 344 valence electrons. The van der Waals surface area contributed by atoms with Crippen LogP contribution in [0.1, 0.15) is 35.6 Å². The molecule has 65 heavy (non-hydrogen) atoms. The van der Waals surface area contributed by atoms with Crippen molar-refractivity contribution in [2.24, 2.45) is 0 Å². The normalized spacial score (nSPS) is 24.0. The van der Waals surface area contributed by atoms with Crippen LogP contribution in [0.15, 0.2) is 118 Å². The molecule has 0 amide bonds. The summed E-state index contributed by atoms with van der Waals surface area (Å²) in [6, 6.07) is 27.8. The van der Waals surface area contributed by atoms with Crippen LogP contribution in [0, 0.1) is 11.3 Å². The molecule has 2 aromatic heterocycles. The van der Waals surface area contributed by atoms with Crippen molar-refractivity contribution in [1.82, 2.24) is 19.1 Å². The molecule has 2 saturated heterocycles. The van der Waals surface area contributed by atoms with Crippen molar-refractivity contribution in [3.63, 3.8) is 0 Å². The summed E-state index contributed by atoms with van der Waals surface area (Å²) in [7, 11) is 3.09. The van der Waals surface area contributed by atoms with Crippen LogP contribution >= 0.6 is 6.92 Å². The van der Waals surface area contributed by atoms with Crippen molar-refractivity contribution in [2.75, 3.05) is 40.4 Å². The van der Waals surface area contributed by atoms with Gasteiger partial charge in [-0.1, -0.05) is 54.6 Å². The minimum Gasteiger partial charge on any atom is -0.858 e. The first-order valence-corrected chi connectivity index (χ1v) is 22.9. The van der Waals surface area contributed by atoms with E-state index < -0.39 is 97.4 Å². The van der Waals surface area contributed by atoms with Crippen LogP contribution in [0.2, 0.25) is 0 Å². The van der Waals surface area contributed by atoms with Gasteiger partial charge in [0, 0.05) is 18.5 Å². The molecular weight excluding hydrogens is 890 g/mol. The molecule has 9 atom stereocenters. The SMILES string of the molecule is COc1ccc(C(OC[C@H]2O[C@@H](n3ccc(=O)[nH]c3=O)[C@H](OCOCCC#N)[C@@H]2O[P+](O)([S-])C[C@H]2O[C@@H](n3ccc([O-])nc3=O)[C@H](O)[C@@H]2O)(c2ccccc2)c2ccc(OC)cc2)cc1. The van der Waals surface area contributed by atoms with Gasteiger partial charge in [0.25, 0.3) is 5.56 Å². The van der Waals surface area contributed by atoms with Crippen LogP contribution in [-0.4, -0.2) is 111 Å². The highest BCUT2D eigenvalue weighted by atomic mass is 32.7. The van der Waals surface area contributed by atoms with E-state index in [4.69, 9.17) is 55.2 Å². The van der Waals surface area contributed by atoms with Crippen molar-refractivity contribution in [3.8, 4) is 23.4 Å². The van der Waals surface area contributed by atoms with Gasteiger partial charge >= 0.3 is 11.4 Å². The van der Waals surface area contributed by atoms with Gasteiger partial charge in [-0.2, -0.15) is 5.26 Å². The van der Waals surface area contributed by atoms with Crippen LogP contribution in [0.25, 0.3) is 0 Å². The molecule has 0 aliphatic carbocycles. The number of nitrogens with zero attached hydrogens (tertiary/aromatic N) is 4. The third kappa shape index (κ3) is 10.5. The molecule has 2 aliphatic rings. The molecule has 4 heterocycles. The maximum absolute atomic E-state index is 13.4.